The first kappa shape index (κ1) is 36.5. The van der Waals surface area contributed by atoms with Crippen LogP contribution in [-0.4, -0.2) is 5.84 Å². The Balaban J connectivity index is 1.03. The summed E-state index contributed by atoms with van der Waals surface area (Å²) in [7, 11) is 0. The van der Waals surface area contributed by atoms with Crippen LogP contribution in [-0.2, 0) is 6.42 Å². The molecule has 2 aromatic heterocycles. The average molecular weight is 816 g/mol. The van der Waals surface area contributed by atoms with Crippen molar-refractivity contribution in [2.24, 2.45) is 4.99 Å². The first-order valence-electron chi connectivity index (χ1n) is 21.3. The summed E-state index contributed by atoms with van der Waals surface area (Å²) < 4.78 is 9.61. The van der Waals surface area contributed by atoms with E-state index in [1.807, 2.05) is 11.3 Å². The third-order valence-corrected chi connectivity index (χ3v) is 13.7. The topological polar surface area (TPSA) is 49.6 Å². The predicted molar refractivity (Wildman–Crippen MR) is 259 cm³/mol. The van der Waals surface area contributed by atoms with E-state index in [0.29, 0.717) is 0 Å². The van der Waals surface area contributed by atoms with Crippen LogP contribution in [0.5, 0.6) is 0 Å². The molecule has 0 bridgehead atoms. The molecular weight excluding hydrogens is 775 g/mol. The summed E-state index contributed by atoms with van der Waals surface area (Å²) in [5, 5.41) is 15.0. The van der Waals surface area contributed by atoms with Crippen LogP contribution in [0.3, 0.4) is 0 Å². The van der Waals surface area contributed by atoms with Crippen LogP contribution in [0.15, 0.2) is 216 Å². The van der Waals surface area contributed by atoms with Gasteiger partial charge >= 0.3 is 0 Å². The molecule has 62 heavy (non-hydrogen) atoms. The summed E-state index contributed by atoms with van der Waals surface area (Å²) in [5.41, 5.74) is 11.2. The van der Waals surface area contributed by atoms with Crippen molar-refractivity contribution in [2.45, 2.75) is 24.7 Å². The van der Waals surface area contributed by atoms with Crippen molar-refractivity contribution in [1.29, 1.82) is 0 Å². The highest BCUT2D eigenvalue weighted by molar-refractivity contribution is 7.25. The molecule has 0 amide bonds. The predicted octanol–water partition coefficient (Wildman–Crippen LogP) is 14.5. The van der Waals surface area contributed by atoms with Crippen molar-refractivity contribution in [3.8, 4) is 11.1 Å². The Morgan fingerprint density at radius 1 is 0.532 bits per heavy atom. The van der Waals surface area contributed by atoms with Gasteiger partial charge in [0.1, 0.15) is 29.3 Å². The number of nitrogens with zero attached hydrogens (tertiary/aromatic N) is 1. The second kappa shape index (κ2) is 15.3. The second-order valence-electron chi connectivity index (χ2n) is 16.3. The molecule has 4 nitrogen and oxygen atoms in total. The molecule has 5 heteroatoms. The van der Waals surface area contributed by atoms with Crippen LogP contribution in [0.25, 0.3) is 64.0 Å². The van der Waals surface area contributed by atoms with Gasteiger partial charge in [-0.15, -0.1) is 11.3 Å². The van der Waals surface area contributed by atoms with Crippen molar-refractivity contribution >= 4 is 70.1 Å². The average Bonchev–Trinajstić information content (AvgIpc) is 3.93. The normalized spacial score (nSPS) is 15.9. The molecule has 0 saturated carbocycles. The van der Waals surface area contributed by atoms with E-state index in [-0.39, 0.29) is 18.2 Å². The number of para-hydroxylation sites is 1. The number of hydrogen-bond acceptors (Lipinski definition) is 5. The van der Waals surface area contributed by atoms with Crippen molar-refractivity contribution in [1.82, 2.24) is 10.6 Å². The Morgan fingerprint density at radius 3 is 2.06 bits per heavy atom. The van der Waals surface area contributed by atoms with Crippen LogP contribution in [0.2, 0.25) is 0 Å². The Hall–Kier alpha value is -7.31. The Labute approximate surface area is 363 Å². The van der Waals surface area contributed by atoms with Gasteiger partial charge in [0, 0.05) is 53.6 Å². The lowest BCUT2D eigenvalue weighted by atomic mass is 9.83. The van der Waals surface area contributed by atoms with Gasteiger partial charge in [0.15, 0.2) is 0 Å². The van der Waals surface area contributed by atoms with Gasteiger partial charge in [-0.05, 0) is 63.2 Å². The molecule has 3 atom stereocenters. The Bertz CT molecular complexity index is 3460. The number of hydrogen-bond donors (Lipinski definition) is 2. The monoisotopic (exact) mass is 815 g/mol. The van der Waals surface area contributed by atoms with E-state index >= 15 is 0 Å². The van der Waals surface area contributed by atoms with E-state index in [1.54, 1.807) is 0 Å². The van der Waals surface area contributed by atoms with Gasteiger partial charge in [-0.25, -0.2) is 4.99 Å². The van der Waals surface area contributed by atoms with Crippen LogP contribution in [0, 0.1) is 0 Å². The molecule has 296 valence electrons. The van der Waals surface area contributed by atoms with E-state index in [0.717, 1.165) is 50.9 Å². The lowest BCUT2D eigenvalue weighted by Gasteiger charge is -2.33. The molecule has 3 heterocycles. The number of fused-ring (bicyclic) bond motifs is 7. The summed E-state index contributed by atoms with van der Waals surface area (Å²) >= 11 is 1.84. The molecule has 0 radical (unpaired) electrons. The summed E-state index contributed by atoms with van der Waals surface area (Å²) in [5.74, 6) is 0.870. The fourth-order valence-electron chi connectivity index (χ4n) is 9.57. The lowest BCUT2D eigenvalue weighted by Crippen LogP contribution is -2.45. The molecule has 1 aliphatic heterocycles. The number of furan rings is 1. The fraction of sp³-hybridized carbons (Fsp3) is 0.0702. The quantitative estimate of drug-likeness (QED) is 0.161. The van der Waals surface area contributed by atoms with Gasteiger partial charge in [0.25, 0.3) is 0 Å². The molecule has 0 aliphatic carbocycles. The van der Waals surface area contributed by atoms with E-state index in [9.17, 15) is 0 Å². The fourth-order valence-corrected chi connectivity index (χ4v) is 10.7. The number of benzene rings is 9. The minimum atomic E-state index is -0.376. The van der Waals surface area contributed by atoms with Crippen LogP contribution in [0.4, 0.5) is 0 Å². The second-order valence-corrected chi connectivity index (χ2v) is 17.4. The zero-order chi connectivity index (χ0) is 41.0. The maximum Gasteiger partial charge on any atom is 0.139 e. The number of amidine groups is 1. The van der Waals surface area contributed by atoms with Gasteiger partial charge in [0.2, 0.25) is 0 Å². The van der Waals surface area contributed by atoms with Gasteiger partial charge < -0.3 is 9.73 Å². The van der Waals surface area contributed by atoms with Crippen molar-refractivity contribution < 1.29 is 4.42 Å². The maximum absolute atomic E-state index is 7.05. The van der Waals surface area contributed by atoms with Gasteiger partial charge in [0.05, 0.1) is 0 Å². The zero-order valence-corrected chi connectivity index (χ0v) is 34.6. The highest BCUT2D eigenvalue weighted by Gasteiger charge is 2.31. The van der Waals surface area contributed by atoms with Gasteiger partial charge in [-0.1, -0.05) is 188 Å². The SMILES string of the molecule is c1ccc(C2=NC(c3ccc([C@H](Cc4ccc(-c5ccccc5)cc4)c4ccc5ccccc5c4)c4oc5ccccc5c34)NC(c3cccc4sc5ccccc5c34)N2)cc1. The molecule has 0 saturated heterocycles. The number of aliphatic imine (C=N–C) groups is 1. The molecular formula is C57H41N3OS. The van der Waals surface area contributed by atoms with Crippen molar-refractivity contribution in [3.05, 3.63) is 240 Å². The summed E-state index contributed by atoms with van der Waals surface area (Å²) in [6.07, 6.45) is 0.215. The standard InChI is InChI=1S/C57H41N3OS/c1-3-14-37(15-4-1)39-28-26-36(27-29-39)34-48(42-31-30-38-16-7-8-19-41(38)35-42)43-32-33-47(53-44-20-9-11-23-49(44)61-54(43)53)57-59-55(40-17-5-2-6-18-40)58-56(60-57)46-22-13-25-51-52(46)45-21-10-12-24-50(45)62-51/h1-33,35,48,56-57,60H,34H2,(H,58,59)/t48-,56?,57?/m1/s1. The zero-order valence-electron chi connectivity index (χ0n) is 33.8. The smallest absolute Gasteiger partial charge is 0.139 e. The minimum absolute atomic E-state index is 0.0147. The van der Waals surface area contributed by atoms with E-state index in [2.05, 4.69) is 217 Å². The minimum Gasteiger partial charge on any atom is -0.456 e. The molecule has 0 spiro atoms. The lowest BCUT2D eigenvalue weighted by molar-refractivity contribution is 0.412. The molecule has 9 aromatic carbocycles. The van der Waals surface area contributed by atoms with Crippen LogP contribution in [0.1, 0.15) is 51.6 Å². The highest BCUT2D eigenvalue weighted by Crippen LogP contribution is 2.44. The maximum atomic E-state index is 7.05. The van der Waals surface area contributed by atoms with E-state index < -0.39 is 0 Å². The largest absolute Gasteiger partial charge is 0.456 e. The third-order valence-electron chi connectivity index (χ3n) is 12.6. The summed E-state index contributed by atoms with van der Waals surface area (Å²) in [6, 6.07) is 74.2. The van der Waals surface area contributed by atoms with E-state index in [1.165, 1.54) is 58.8 Å². The van der Waals surface area contributed by atoms with Crippen LogP contribution >= 0.6 is 11.3 Å². The first-order valence-corrected chi connectivity index (χ1v) is 22.2. The number of nitrogens with one attached hydrogen (secondary N) is 2. The molecule has 2 N–H and O–H groups in total. The van der Waals surface area contributed by atoms with Crippen LogP contribution < -0.4 is 10.6 Å². The molecule has 11 aromatic rings. The van der Waals surface area contributed by atoms with E-state index in [4.69, 9.17) is 9.41 Å². The van der Waals surface area contributed by atoms with Gasteiger partial charge in [-0.3, -0.25) is 5.32 Å². The van der Waals surface area contributed by atoms with Crippen molar-refractivity contribution in [3.63, 3.8) is 0 Å². The molecule has 1 aliphatic rings. The Kier molecular flexibility index (Phi) is 9.02. The summed E-state index contributed by atoms with van der Waals surface area (Å²) in [4.78, 5) is 5.49. The van der Waals surface area contributed by atoms with Crippen molar-refractivity contribution in [2.75, 3.05) is 0 Å². The summed E-state index contributed by atoms with van der Waals surface area (Å²) in [6.45, 7) is 0. The first-order chi connectivity index (χ1) is 30.7. The molecule has 12 rings (SSSR count). The number of thiophene rings is 1. The van der Waals surface area contributed by atoms with Gasteiger partial charge in [-0.2, -0.15) is 0 Å². The molecule has 0 fully saturated rings. The number of rotatable bonds is 8. The molecule has 2 unspecified atom stereocenters. The third kappa shape index (κ3) is 6.45. The highest BCUT2D eigenvalue weighted by atomic mass is 32.1. The Morgan fingerprint density at radius 2 is 1.23 bits per heavy atom.